The maximum absolute atomic E-state index is 8.00. The molecule has 0 saturated carbocycles. The molecule has 0 N–H and O–H groups in total. The van der Waals surface area contributed by atoms with Gasteiger partial charge >= 0.3 is 0 Å². The van der Waals surface area contributed by atoms with Crippen molar-refractivity contribution >= 4 is 325 Å². The van der Waals surface area contributed by atoms with E-state index in [1.54, 1.807) is 0 Å². The van der Waals surface area contributed by atoms with E-state index < -0.39 is 0 Å². The van der Waals surface area contributed by atoms with Crippen molar-refractivity contribution in [3.05, 3.63) is 89.5 Å². The third-order valence-corrected chi connectivity index (χ3v) is 29.7. The molecule has 4 aromatic rings. The zero-order valence-corrected chi connectivity index (χ0v) is 52.4. The molecule has 0 aliphatic carbocycles. The Balaban J connectivity index is 0.000000304. The summed E-state index contributed by atoms with van der Waals surface area (Å²) in [5, 5.41) is 0. The molecular weight excluding hydrogens is 1910 g/mol. The van der Waals surface area contributed by atoms with E-state index in [4.69, 9.17) is 4.79 Å². The van der Waals surface area contributed by atoms with E-state index in [-0.39, 0.29) is 0 Å². The summed E-state index contributed by atoms with van der Waals surface area (Å²) >= 11 is 72.5. The van der Waals surface area contributed by atoms with Gasteiger partial charge in [-0.2, -0.15) is 0 Å². The summed E-state index contributed by atoms with van der Waals surface area (Å²) < 4.78 is 18.5. The van der Waals surface area contributed by atoms with Crippen LogP contribution >= 0.6 is 319 Å². The summed E-state index contributed by atoms with van der Waals surface area (Å²) in [6.45, 7) is 2.00. The van der Waals surface area contributed by atoms with Crippen molar-refractivity contribution in [3.63, 3.8) is 0 Å². The van der Waals surface area contributed by atoms with E-state index in [2.05, 4.69) is 319 Å². The molecular formula is C25H2Br20O. The van der Waals surface area contributed by atoms with E-state index >= 15 is 0 Å². The van der Waals surface area contributed by atoms with Crippen molar-refractivity contribution in [2.24, 2.45) is 0 Å². The van der Waals surface area contributed by atoms with E-state index in [0.717, 1.165) is 112 Å². The van der Waals surface area contributed by atoms with Crippen molar-refractivity contribution in [2.45, 2.75) is 0 Å². The van der Waals surface area contributed by atoms with Gasteiger partial charge in [-0.05, 0) is 319 Å². The predicted octanol–water partition coefficient (Wildman–Crippen LogP) is 21.8. The highest BCUT2D eigenvalue weighted by molar-refractivity contribution is 9.18. The van der Waals surface area contributed by atoms with Crippen LogP contribution in [0.1, 0.15) is 0 Å². The third-order valence-electron chi connectivity index (χ3n) is 5.34. The van der Waals surface area contributed by atoms with Gasteiger partial charge in [0.15, 0.2) is 0 Å². The van der Waals surface area contributed by atoms with Crippen LogP contribution in [-0.4, -0.2) is 6.79 Å². The molecule has 0 aliphatic rings. The van der Waals surface area contributed by atoms with Gasteiger partial charge in [-0.25, -0.2) is 0 Å². The Morgan fingerprint density at radius 2 is 0.239 bits per heavy atom. The molecule has 0 fully saturated rings. The summed E-state index contributed by atoms with van der Waals surface area (Å²) in [7, 11) is 0. The molecule has 0 radical (unpaired) electrons. The van der Waals surface area contributed by atoms with Crippen molar-refractivity contribution in [3.8, 4) is 22.3 Å². The summed E-state index contributed by atoms with van der Waals surface area (Å²) in [4.78, 5) is 8.00. The highest BCUT2D eigenvalue weighted by atomic mass is 79.9. The Bertz CT molecular complexity index is 1500. The first-order valence-electron chi connectivity index (χ1n) is 10.6. The molecule has 0 aromatic heterocycles. The van der Waals surface area contributed by atoms with Crippen molar-refractivity contribution in [2.75, 3.05) is 0 Å². The average Bonchev–Trinajstić information content (AvgIpc) is 3.05. The van der Waals surface area contributed by atoms with Crippen molar-refractivity contribution in [1.29, 1.82) is 0 Å². The van der Waals surface area contributed by atoms with Gasteiger partial charge in [0, 0.05) is 112 Å². The normalized spacial score (nSPS) is 10.8. The minimum Gasteiger partial charge on any atom is -0.307 e. The van der Waals surface area contributed by atoms with Crippen molar-refractivity contribution in [1.82, 2.24) is 0 Å². The fourth-order valence-electron chi connectivity index (χ4n) is 3.30. The molecule has 1 nitrogen and oxygen atoms in total. The second-order valence-electron chi connectivity index (χ2n) is 7.78. The van der Waals surface area contributed by atoms with Crippen LogP contribution < -0.4 is 0 Å². The van der Waals surface area contributed by atoms with Gasteiger partial charge in [-0.1, -0.05) is 0 Å². The molecule has 0 saturated heterocycles. The molecule has 0 spiro atoms. The maximum Gasteiger partial charge on any atom is 0.106 e. The van der Waals surface area contributed by atoms with Gasteiger partial charge < -0.3 is 4.79 Å². The highest BCUT2D eigenvalue weighted by Crippen LogP contribution is 2.57. The quantitative estimate of drug-likeness (QED) is 0.144. The lowest BCUT2D eigenvalue weighted by molar-refractivity contribution is -0.0979. The van der Waals surface area contributed by atoms with Crippen molar-refractivity contribution < 1.29 is 4.79 Å². The summed E-state index contributed by atoms with van der Waals surface area (Å²) in [5.41, 5.74) is 3.98. The van der Waals surface area contributed by atoms with Crippen LogP contribution in [0.3, 0.4) is 0 Å². The van der Waals surface area contributed by atoms with Crippen LogP contribution in [0.2, 0.25) is 0 Å². The van der Waals surface area contributed by atoms with Gasteiger partial charge in [0.1, 0.15) is 6.79 Å². The predicted molar refractivity (Wildman–Crippen MR) is 265 cm³/mol. The Morgan fingerprint density at radius 1 is 0.174 bits per heavy atom. The van der Waals surface area contributed by atoms with Crippen LogP contribution in [0.25, 0.3) is 22.3 Å². The lowest BCUT2D eigenvalue weighted by atomic mass is 10.1. The summed E-state index contributed by atoms with van der Waals surface area (Å²) in [6, 6.07) is 0. The first kappa shape index (κ1) is 48.3. The monoisotopic (exact) mass is 1900 g/mol. The first-order valence-corrected chi connectivity index (χ1v) is 26.4. The lowest BCUT2D eigenvalue weighted by Gasteiger charge is -2.19. The first-order chi connectivity index (χ1) is 21.2. The molecule has 21 heteroatoms. The average molecular weight is 1920 g/mol. The lowest BCUT2D eigenvalue weighted by Crippen LogP contribution is -1.93. The van der Waals surface area contributed by atoms with E-state index in [1.807, 2.05) is 6.79 Å². The molecule has 0 heterocycles. The number of hydrogen-bond acceptors (Lipinski definition) is 1. The molecule has 0 bridgehead atoms. The Hall–Kier alpha value is 6.15. The smallest absolute Gasteiger partial charge is 0.106 e. The molecule has 0 unspecified atom stereocenters. The maximum atomic E-state index is 8.00. The van der Waals surface area contributed by atoms with Gasteiger partial charge in [0.05, 0.1) is 0 Å². The second kappa shape index (κ2) is 21.1. The molecule has 0 atom stereocenters. The Kier molecular flexibility index (Phi) is 22.1. The van der Waals surface area contributed by atoms with Crippen LogP contribution in [0.5, 0.6) is 0 Å². The second-order valence-corrected chi connectivity index (χ2v) is 23.6. The standard InChI is InChI=1S/2C12Br10.CH2O/c2*13-3-1(4(14)8(18)11(21)7(3)17)2-5(15)9(19)12(22)10(20)6(2)16;1-2/h;;1H2. The van der Waals surface area contributed by atoms with Crippen LogP contribution in [0.4, 0.5) is 0 Å². The molecule has 4 aromatic carbocycles. The van der Waals surface area contributed by atoms with Crippen LogP contribution in [-0.2, 0) is 4.79 Å². The molecule has 46 heavy (non-hydrogen) atoms. The number of benzene rings is 4. The largest absolute Gasteiger partial charge is 0.307 e. The van der Waals surface area contributed by atoms with Gasteiger partial charge in [-0.3, -0.25) is 0 Å². The van der Waals surface area contributed by atoms with E-state index in [9.17, 15) is 0 Å². The van der Waals surface area contributed by atoms with Crippen LogP contribution in [0, 0.1) is 0 Å². The fraction of sp³-hybridized carbons (Fsp3) is 0. The van der Waals surface area contributed by atoms with E-state index in [0.29, 0.717) is 0 Å². The fourth-order valence-corrected chi connectivity index (χ4v) is 17.1. The number of halogens is 20. The minimum absolute atomic E-state index is 0.923. The number of hydrogen-bond donors (Lipinski definition) is 0. The summed E-state index contributed by atoms with van der Waals surface area (Å²) in [6.07, 6.45) is 0. The number of rotatable bonds is 2. The zero-order valence-electron chi connectivity index (χ0n) is 20.7. The summed E-state index contributed by atoms with van der Waals surface area (Å²) in [5.74, 6) is 0. The number of carbonyl (C=O) groups excluding carboxylic acids is 1. The molecule has 0 amide bonds. The molecule has 0 aliphatic heterocycles. The van der Waals surface area contributed by atoms with Gasteiger partial charge in [0.25, 0.3) is 0 Å². The topological polar surface area (TPSA) is 17.1 Å². The molecule has 4 rings (SSSR count). The van der Waals surface area contributed by atoms with E-state index in [1.165, 1.54) is 0 Å². The molecule has 248 valence electrons. The third kappa shape index (κ3) is 9.99. The Labute approximate surface area is 432 Å². The SMILES string of the molecule is Brc1c(Br)c(Br)c(-c2c(Br)c(Br)c(Br)c(Br)c2Br)c(Br)c1Br.Brc1c(Br)c(Br)c(-c2c(Br)c(Br)c(Br)c(Br)c2Br)c(Br)c1Br.C=O. The van der Waals surface area contributed by atoms with Gasteiger partial charge in [0.2, 0.25) is 0 Å². The van der Waals surface area contributed by atoms with Gasteiger partial charge in [-0.15, -0.1) is 0 Å². The van der Waals surface area contributed by atoms with Crippen LogP contribution in [0.15, 0.2) is 89.5 Å². The Morgan fingerprint density at radius 3 is 0.326 bits per heavy atom. The number of carbonyl (C=O) groups is 1. The zero-order chi connectivity index (χ0) is 35.9. The highest BCUT2D eigenvalue weighted by Gasteiger charge is 2.27. The minimum atomic E-state index is 0.923.